The summed E-state index contributed by atoms with van der Waals surface area (Å²) in [5.41, 5.74) is 3.42. The van der Waals surface area contributed by atoms with E-state index in [4.69, 9.17) is 9.72 Å². The molecule has 2 fully saturated rings. The molecule has 1 amide bonds. The zero-order valence-corrected chi connectivity index (χ0v) is 15.5. The van der Waals surface area contributed by atoms with Crippen molar-refractivity contribution in [3.8, 4) is 0 Å². The van der Waals surface area contributed by atoms with E-state index < -0.39 is 0 Å². The Hall–Kier alpha value is -1.62. The van der Waals surface area contributed by atoms with Gasteiger partial charge in [0, 0.05) is 36.9 Å². The first kappa shape index (κ1) is 16.5. The summed E-state index contributed by atoms with van der Waals surface area (Å²) in [7, 11) is 0. The zero-order valence-electron chi connectivity index (χ0n) is 15.5. The molecule has 0 spiro atoms. The van der Waals surface area contributed by atoms with Crippen LogP contribution in [0.25, 0.3) is 0 Å². The first-order valence-corrected chi connectivity index (χ1v) is 10.4. The fourth-order valence-corrected chi connectivity index (χ4v) is 4.36. The van der Waals surface area contributed by atoms with Crippen LogP contribution in [0, 0.1) is 11.8 Å². The lowest BCUT2D eigenvalue weighted by Crippen LogP contribution is -2.41. The van der Waals surface area contributed by atoms with Gasteiger partial charge in [-0.05, 0) is 56.8 Å². The van der Waals surface area contributed by atoms with Gasteiger partial charge in [-0.25, -0.2) is 4.98 Å². The highest BCUT2D eigenvalue weighted by atomic mass is 16.5. The third-order valence-corrected chi connectivity index (χ3v) is 6.25. The van der Waals surface area contributed by atoms with E-state index in [-0.39, 0.29) is 11.8 Å². The van der Waals surface area contributed by atoms with Gasteiger partial charge in [0.2, 0.25) is 5.91 Å². The molecule has 5 rings (SSSR count). The Bertz CT molecular complexity index is 715. The lowest BCUT2D eigenvalue weighted by Gasteiger charge is -2.33. The Morgan fingerprint density at radius 2 is 2.04 bits per heavy atom. The van der Waals surface area contributed by atoms with Gasteiger partial charge >= 0.3 is 0 Å². The number of rotatable bonds is 7. The van der Waals surface area contributed by atoms with Crippen LogP contribution in [0.15, 0.2) is 18.0 Å². The standard InChI is InChI=1S/C21H29N3O2/c25-21(17-3-1-2-4-17)23-10-18(13-26-12-16-7-8-16)20-19(11-23)22-14-24(20)9-15-5-6-15/h3,14-16,18H,1-2,4-13H2/t18-/m1/s1. The smallest absolute Gasteiger partial charge is 0.249 e. The van der Waals surface area contributed by atoms with Gasteiger partial charge < -0.3 is 14.2 Å². The normalized spacial score (nSPS) is 25.3. The predicted octanol–water partition coefficient (Wildman–Crippen LogP) is 3.26. The number of imidazole rings is 1. The molecule has 5 nitrogen and oxygen atoms in total. The molecule has 0 N–H and O–H groups in total. The summed E-state index contributed by atoms with van der Waals surface area (Å²) in [6.45, 7) is 4.09. The van der Waals surface area contributed by atoms with Gasteiger partial charge in [-0.3, -0.25) is 4.79 Å². The van der Waals surface area contributed by atoms with E-state index in [1.165, 1.54) is 31.4 Å². The van der Waals surface area contributed by atoms with Crippen LogP contribution in [0.5, 0.6) is 0 Å². The summed E-state index contributed by atoms with van der Waals surface area (Å²) in [4.78, 5) is 19.6. The van der Waals surface area contributed by atoms with Crippen molar-refractivity contribution in [3.63, 3.8) is 0 Å². The second-order valence-electron chi connectivity index (χ2n) is 8.66. The number of carbonyl (C=O) groups excluding carboxylic acids is 1. The van der Waals surface area contributed by atoms with Crippen molar-refractivity contribution in [2.24, 2.45) is 11.8 Å². The first-order chi connectivity index (χ1) is 12.8. The molecule has 26 heavy (non-hydrogen) atoms. The van der Waals surface area contributed by atoms with Gasteiger partial charge in [0.1, 0.15) is 0 Å². The fraction of sp³-hybridized carbons (Fsp3) is 0.714. The zero-order chi connectivity index (χ0) is 17.5. The minimum Gasteiger partial charge on any atom is -0.380 e. The molecule has 0 unspecified atom stereocenters. The van der Waals surface area contributed by atoms with Crippen LogP contribution in [0.1, 0.15) is 62.3 Å². The second kappa shape index (κ2) is 6.84. The topological polar surface area (TPSA) is 47.4 Å². The highest BCUT2D eigenvalue weighted by Gasteiger charge is 2.35. The van der Waals surface area contributed by atoms with Crippen LogP contribution in [0.3, 0.4) is 0 Å². The molecular formula is C21H29N3O2. The third kappa shape index (κ3) is 3.46. The Kier molecular flexibility index (Phi) is 4.35. The van der Waals surface area contributed by atoms with Gasteiger partial charge in [-0.15, -0.1) is 0 Å². The monoisotopic (exact) mass is 355 g/mol. The second-order valence-corrected chi connectivity index (χ2v) is 8.66. The van der Waals surface area contributed by atoms with Crippen molar-refractivity contribution in [3.05, 3.63) is 29.4 Å². The van der Waals surface area contributed by atoms with E-state index in [0.717, 1.165) is 62.1 Å². The van der Waals surface area contributed by atoms with Crippen LogP contribution >= 0.6 is 0 Å². The summed E-state index contributed by atoms with van der Waals surface area (Å²) in [5.74, 6) is 2.07. The number of aromatic nitrogens is 2. The molecule has 0 bridgehead atoms. The lowest BCUT2D eigenvalue weighted by molar-refractivity contribution is -0.128. The maximum atomic E-state index is 12.9. The maximum Gasteiger partial charge on any atom is 0.249 e. The van der Waals surface area contributed by atoms with Crippen LogP contribution in [0.2, 0.25) is 0 Å². The number of allylic oxidation sites excluding steroid dienone is 1. The molecule has 1 aromatic heterocycles. The maximum absolute atomic E-state index is 12.9. The fourth-order valence-electron chi connectivity index (χ4n) is 4.36. The average molecular weight is 355 g/mol. The summed E-state index contributed by atoms with van der Waals surface area (Å²) >= 11 is 0. The van der Waals surface area contributed by atoms with Crippen molar-refractivity contribution in [2.75, 3.05) is 19.8 Å². The van der Waals surface area contributed by atoms with Crippen molar-refractivity contribution in [1.29, 1.82) is 0 Å². The molecule has 3 aliphatic carbocycles. The van der Waals surface area contributed by atoms with E-state index in [2.05, 4.69) is 10.6 Å². The van der Waals surface area contributed by atoms with Crippen LogP contribution in [0.4, 0.5) is 0 Å². The number of nitrogens with zero attached hydrogens (tertiary/aromatic N) is 3. The van der Waals surface area contributed by atoms with Gasteiger partial charge in [0.15, 0.2) is 0 Å². The molecule has 5 heteroatoms. The van der Waals surface area contributed by atoms with E-state index in [1.54, 1.807) is 0 Å². The molecule has 4 aliphatic rings. The molecule has 0 saturated heterocycles. The molecule has 0 radical (unpaired) electrons. The molecule has 1 atom stereocenters. The molecule has 140 valence electrons. The molecule has 1 aromatic rings. The van der Waals surface area contributed by atoms with Crippen LogP contribution in [-0.2, 0) is 22.6 Å². The van der Waals surface area contributed by atoms with Crippen molar-refractivity contribution in [1.82, 2.24) is 14.5 Å². The Labute approximate surface area is 155 Å². The van der Waals surface area contributed by atoms with Crippen LogP contribution < -0.4 is 0 Å². The van der Waals surface area contributed by atoms with Crippen molar-refractivity contribution in [2.45, 2.75) is 64.0 Å². The Morgan fingerprint density at radius 3 is 2.77 bits per heavy atom. The first-order valence-electron chi connectivity index (χ1n) is 10.4. The lowest BCUT2D eigenvalue weighted by atomic mass is 9.97. The Balaban J connectivity index is 1.35. The number of ether oxygens (including phenoxy) is 1. The highest BCUT2D eigenvalue weighted by Crippen LogP contribution is 2.36. The molecule has 2 heterocycles. The number of hydrogen-bond donors (Lipinski definition) is 0. The average Bonchev–Trinajstić information content (AvgIpc) is 3.55. The third-order valence-electron chi connectivity index (χ3n) is 6.25. The number of fused-ring (bicyclic) bond motifs is 1. The predicted molar refractivity (Wildman–Crippen MR) is 98.6 cm³/mol. The number of carbonyl (C=O) groups is 1. The van der Waals surface area contributed by atoms with Gasteiger partial charge in [-0.2, -0.15) is 0 Å². The number of amides is 1. The molecular weight excluding hydrogens is 326 g/mol. The molecule has 1 aliphatic heterocycles. The van der Waals surface area contributed by atoms with E-state index >= 15 is 0 Å². The summed E-state index contributed by atoms with van der Waals surface area (Å²) in [5, 5.41) is 0. The quantitative estimate of drug-likeness (QED) is 0.754. The van der Waals surface area contributed by atoms with Crippen molar-refractivity contribution >= 4 is 5.91 Å². The SMILES string of the molecule is O=C(C1=CCCC1)N1Cc2ncn(CC3CC3)c2[C@@H](COCC2CC2)C1. The minimum atomic E-state index is 0.220. The number of hydrogen-bond acceptors (Lipinski definition) is 3. The van der Waals surface area contributed by atoms with Gasteiger partial charge in [-0.1, -0.05) is 6.08 Å². The minimum absolute atomic E-state index is 0.220. The summed E-state index contributed by atoms with van der Waals surface area (Å²) < 4.78 is 8.41. The summed E-state index contributed by atoms with van der Waals surface area (Å²) in [6.07, 6.45) is 12.5. The molecule has 2 saturated carbocycles. The van der Waals surface area contributed by atoms with E-state index in [9.17, 15) is 4.79 Å². The highest BCUT2D eigenvalue weighted by molar-refractivity contribution is 5.94. The van der Waals surface area contributed by atoms with Crippen molar-refractivity contribution < 1.29 is 9.53 Å². The largest absolute Gasteiger partial charge is 0.380 e. The van der Waals surface area contributed by atoms with E-state index in [1.807, 2.05) is 11.2 Å². The van der Waals surface area contributed by atoms with E-state index in [0.29, 0.717) is 13.2 Å². The summed E-state index contributed by atoms with van der Waals surface area (Å²) in [6, 6.07) is 0. The van der Waals surface area contributed by atoms with Crippen LogP contribution in [-0.4, -0.2) is 40.1 Å². The van der Waals surface area contributed by atoms with Gasteiger partial charge in [0.05, 0.1) is 25.2 Å². The molecule has 0 aromatic carbocycles. The van der Waals surface area contributed by atoms with Gasteiger partial charge in [0.25, 0.3) is 0 Å². The Morgan fingerprint density at radius 1 is 1.19 bits per heavy atom.